The fourth-order valence-electron chi connectivity index (χ4n) is 2.36. The summed E-state index contributed by atoms with van der Waals surface area (Å²) in [6, 6.07) is 12.0. The second-order valence-electron chi connectivity index (χ2n) is 5.75. The first kappa shape index (κ1) is 18.8. The van der Waals surface area contributed by atoms with Crippen LogP contribution in [0, 0.1) is 0 Å². The summed E-state index contributed by atoms with van der Waals surface area (Å²) < 4.78 is 16.1. The van der Waals surface area contributed by atoms with Gasteiger partial charge < -0.3 is 19.5 Å². The highest BCUT2D eigenvalue weighted by Gasteiger charge is 2.10. The number of hydrogen-bond acceptors (Lipinski definition) is 5. The van der Waals surface area contributed by atoms with E-state index in [9.17, 15) is 9.59 Å². The molecule has 0 saturated heterocycles. The van der Waals surface area contributed by atoms with Crippen molar-refractivity contribution in [3.63, 3.8) is 0 Å². The van der Waals surface area contributed by atoms with Crippen molar-refractivity contribution in [1.29, 1.82) is 0 Å². The molecular formula is C20H18ClNO5. The predicted octanol–water partition coefficient (Wildman–Crippen LogP) is 3.70. The first-order valence-electron chi connectivity index (χ1n) is 8.40. The van der Waals surface area contributed by atoms with Crippen LogP contribution in [0.15, 0.2) is 48.5 Å². The minimum atomic E-state index is -0.617. The third kappa shape index (κ3) is 5.76. The summed E-state index contributed by atoms with van der Waals surface area (Å²) in [5.74, 6) is 0.277. The van der Waals surface area contributed by atoms with Crippen molar-refractivity contribution in [1.82, 2.24) is 0 Å². The number of carbonyl (C=O) groups is 2. The lowest BCUT2D eigenvalue weighted by Crippen LogP contribution is -2.20. The van der Waals surface area contributed by atoms with Crippen LogP contribution < -0.4 is 14.8 Å². The molecule has 2 aromatic carbocycles. The molecule has 0 fully saturated rings. The van der Waals surface area contributed by atoms with Gasteiger partial charge in [0.1, 0.15) is 0 Å². The van der Waals surface area contributed by atoms with Crippen molar-refractivity contribution >= 4 is 35.2 Å². The first-order chi connectivity index (χ1) is 13.1. The minimum Gasteiger partial charge on any atom is -0.490 e. The molecular weight excluding hydrogens is 370 g/mol. The van der Waals surface area contributed by atoms with E-state index in [1.165, 1.54) is 6.08 Å². The van der Waals surface area contributed by atoms with Crippen LogP contribution in [0.1, 0.15) is 12.0 Å². The molecule has 1 heterocycles. The molecule has 3 rings (SSSR count). The van der Waals surface area contributed by atoms with E-state index in [-0.39, 0.29) is 6.61 Å². The molecule has 0 aliphatic carbocycles. The minimum absolute atomic E-state index is 0.382. The molecule has 1 amide bonds. The molecule has 7 heteroatoms. The smallest absolute Gasteiger partial charge is 0.331 e. The maximum Gasteiger partial charge on any atom is 0.331 e. The summed E-state index contributed by atoms with van der Waals surface area (Å²) in [6.07, 6.45) is 3.67. The first-order valence-corrected chi connectivity index (χ1v) is 8.78. The monoisotopic (exact) mass is 387 g/mol. The highest BCUT2D eigenvalue weighted by Crippen LogP contribution is 2.30. The van der Waals surface area contributed by atoms with Gasteiger partial charge in [-0.2, -0.15) is 0 Å². The number of amides is 1. The molecule has 27 heavy (non-hydrogen) atoms. The highest BCUT2D eigenvalue weighted by molar-refractivity contribution is 6.30. The molecule has 2 aromatic rings. The normalized spacial score (nSPS) is 13.1. The topological polar surface area (TPSA) is 73.9 Å². The standard InChI is InChI=1S/C20H18ClNO5/c21-15-4-6-16(7-5-15)22-19(23)13-27-20(24)9-3-14-2-8-17-18(12-14)26-11-1-10-25-17/h2-9,12H,1,10-11,13H2,(H,22,23)/b9-3+. The zero-order chi connectivity index (χ0) is 19.1. The highest BCUT2D eigenvalue weighted by atomic mass is 35.5. The summed E-state index contributed by atoms with van der Waals surface area (Å²) in [7, 11) is 0. The Balaban J connectivity index is 1.49. The van der Waals surface area contributed by atoms with Crippen LogP contribution in [0.3, 0.4) is 0 Å². The maximum atomic E-state index is 11.8. The third-order valence-electron chi connectivity index (χ3n) is 3.66. The van der Waals surface area contributed by atoms with E-state index in [4.69, 9.17) is 25.8 Å². The van der Waals surface area contributed by atoms with Crippen molar-refractivity contribution in [2.75, 3.05) is 25.1 Å². The van der Waals surface area contributed by atoms with Crippen molar-refractivity contribution in [3.05, 3.63) is 59.1 Å². The van der Waals surface area contributed by atoms with E-state index in [2.05, 4.69) is 5.32 Å². The summed E-state index contributed by atoms with van der Waals surface area (Å²) in [5, 5.41) is 3.18. The molecule has 140 valence electrons. The van der Waals surface area contributed by atoms with Gasteiger partial charge in [-0.25, -0.2) is 4.79 Å². The molecule has 1 N–H and O–H groups in total. The Morgan fingerprint density at radius 2 is 1.81 bits per heavy atom. The van der Waals surface area contributed by atoms with Crippen LogP contribution >= 0.6 is 11.6 Å². The summed E-state index contributed by atoms with van der Waals surface area (Å²) in [5.41, 5.74) is 1.34. The number of carbonyl (C=O) groups excluding carboxylic acids is 2. The Morgan fingerprint density at radius 3 is 2.59 bits per heavy atom. The molecule has 0 bridgehead atoms. The maximum absolute atomic E-state index is 11.8. The summed E-state index contributed by atoms with van der Waals surface area (Å²) >= 11 is 5.78. The van der Waals surface area contributed by atoms with E-state index < -0.39 is 11.9 Å². The fraction of sp³-hybridized carbons (Fsp3) is 0.200. The predicted molar refractivity (Wildman–Crippen MR) is 102 cm³/mol. The van der Waals surface area contributed by atoms with Crippen LogP contribution in [-0.2, 0) is 14.3 Å². The van der Waals surface area contributed by atoms with E-state index in [0.29, 0.717) is 35.4 Å². The average Bonchev–Trinajstić information content (AvgIpc) is 2.91. The molecule has 1 aliphatic heterocycles. The Hall–Kier alpha value is -2.99. The second kappa shape index (κ2) is 9.09. The largest absolute Gasteiger partial charge is 0.490 e. The van der Waals surface area contributed by atoms with E-state index in [1.807, 2.05) is 6.07 Å². The quantitative estimate of drug-likeness (QED) is 0.625. The number of rotatable bonds is 5. The molecule has 1 aliphatic rings. The lowest BCUT2D eigenvalue weighted by molar-refractivity contribution is -0.142. The van der Waals surface area contributed by atoms with Gasteiger partial charge in [0.05, 0.1) is 13.2 Å². The van der Waals surface area contributed by atoms with Gasteiger partial charge in [0, 0.05) is 23.2 Å². The Bertz CT molecular complexity index is 848. The number of halogens is 1. The molecule has 0 atom stereocenters. The number of fused-ring (bicyclic) bond motifs is 1. The second-order valence-corrected chi connectivity index (χ2v) is 6.19. The summed E-state index contributed by atoms with van der Waals surface area (Å²) in [6.45, 7) is 0.824. The van der Waals surface area contributed by atoms with Crippen LogP contribution in [0.25, 0.3) is 6.08 Å². The van der Waals surface area contributed by atoms with Gasteiger partial charge >= 0.3 is 5.97 Å². The lowest BCUT2D eigenvalue weighted by Gasteiger charge is -2.07. The average molecular weight is 388 g/mol. The van der Waals surface area contributed by atoms with Gasteiger partial charge in [-0.05, 0) is 48.0 Å². The lowest BCUT2D eigenvalue weighted by atomic mass is 10.2. The molecule has 0 spiro atoms. The van der Waals surface area contributed by atoms with E-state index in [1.54, 1.807) is 42.5 Å². The molecule has 0 unspecified atom stereocenters. The van der Waals surface area contributed by atoms with Crippen LogP contribution in [0.2, 0.25) is 5.02 Å². The third-order valence-corrected chi connectivity index (χ3v) is 3.91. The van der Waals surface area contributed by atoms with Gasteiger partial charge in [0.25, 0.3) is 5.91 Å². The van der Waals surface area contributed by atoms with E-state index >= 15 is 0 Å². The van der Waals surface area contributed by atoms with Crippen molar-refractivity contribution in [3.8, 4) is 11.5 Å². The molecule has 0 radical (unpaired) electrons. The molecule has 0 aromatic heterocycles. The van der Waals surface area contributed by atoms with Gasteiger partial charge in [-0.3, -0.25) is 4.79 Å². The van der Waals surface area contributed by atoms with Crippen molar-refractivity contribution in [2.24, 2.45) is 0 Å². The van der Waals surface area contributed by atoms with Crippen LogP contribution in [0.5, 0.6) is 11.5 Å². The number of hydrogen-bond donors (Lipinski definition) is 1. The molecule has 0 saturated carbocycles. The Morgan fingerprint density at radius 1 is 1.07 bits per heavy atom. The number of anilines is 1. The number of nitrogens with one attached hydrogen (secondary N) is 1. The zero-order valence-electron chi connectivity index (χ0n) is 14.4. The van der Waals surface area contributed by atoms with E-state index in [0.717, 1.165) is 12.0 Å². The Kier molecular flexibility index (Phi) is 6.33. The van der Waals surface area contributed by atoms with Gasteiger partial charge in [-0.1, -0.05) is 17.7 Å². The van der Waals surface area contributed by atoms with Gasteiger partial charge in [0.15, 0.2) is 18.1 Å². The zero-order valence-corrected chi connectivity index (χ0v) is 15.2. The number of esters is 1. The van der Waals surface area contributed by atoms with Crippen LogP contribution in [-0.4, -0.2) is 31.7 Å². The van der Waals surface area contributed by atoms with Gasteiger partial charge in [-0.15, -0.1) is 0 Å². The Labute approximate surface area is 161 Å². The van der Waals surface area contributed by atoms with Gasteiger partial charge in [0.2, 0.25) is 0 Å². The van der Waals surface area contributed by atoms with Crippen LogP contribution in [0.4, 0.5) is 5.69 Å². The number of benzene rings is 2. The molecule has 6 nitrogen and oxygen atoms in total. The number of ether oxygens (including phenoxy) is 3. The SMILES string of the molecule is O=C(COC(=O)/C=C/c1ccc2c(c1)OCCCO2)Nc1ccc(Cl)cc1. The van der Waals surface area contributed by atoms with Crippen molar-refractivity contribution in [2.45, 2.75) is 6.42 Å². The fourth-order valence-corrected chi connectivity index (χ4v) is 2.49. The van der Waals surface area contributed by atoms with Crippen molar-refractivity contribution < 1.29 is 23.8 Å². The summed E-state index contributed by atoms with van der Waals surface area (Å²) in [4.78, 5) is 23.6.